The number of nitrogens with one attached hydrogen (secondary N) is 1. The number of rotatable bonds is 11. The van der Waals surface area contributed by atoms with Gasteiger partial charge in [0.05, 0.1) is 12.6 Å². The van der Waals surface area contributed by atoms with Gasteiger partial charge in [-0.1, -0.05) is 13.8 Å². The molecular formula is C11H20N2O6. The van der Waals surface area contributed by atoms with E-state index in [1.807, 2.05) is 13.8 Å². The van der Waals surface area contributed by atoms with Crippen molar-refractivity contribution in [2.24, 2.45) is 5.92 Å². The average Bonchev–Trinajstić information content (AvgIpc) is 2.31. The van der Waals surface area contributed by atoms with Gasteiger partial charge in [-0.3, -0.25) is 9.59 Å². The molecule has 8 heteroatoms. The molecule has 1 N–H and O–H groups in total. The fourth-order valence-corrected chi connectivity index (χ4v) is 1.47. The molecule has 0 aromatic heterocycles. The Hall–Kier alpha value is -1.86. The quantitative estimate of drug-likeness (QED) is 0.195. The first-order valence-corrected chi connectivity index (χ1v) is 6.08. The Bertz CT molecular complexity index is 295. The molecule has 0 bridgehead atoms. The van der Waals surface area contributed by atoms with E-state index < -0.39 is 11.1 Å². The number of ether oxygens (including phenoxy) is 1. The molecule has 110 valence electrons. The van der Waals surface area contributed by atoms with Gasteiger partial charge < -0.3 is 14.9 Å². The number of carbonyl (C=O) groups is 2. The van der Waals surface area contributed by atoms with Crippen LogP contribution in [0.3, 0.4) is 0 Å². The second-order valence-corrected chi connectivity index (χ2v) is 4.45. The summed E-state index contributed by atoms with van der Waals surface area (Å²) < 4.78 is 4.98. The van der Waals surface area contributed by atoms with E-state index in [2.05, 4.69) is 10.2 Å². The summed E-state index contributed by atoms with van der Waals surface area (Å²) in [4.78, 5) is 35.6. The SMILES string of the molecule is CC(C)CC(COC(=O)CCCO[N+](=O)[O-])NC=O. The van der Waals surface area contributed by atoms with Gasteiger partial charge in [0.2, 0.25) is 6.41 Å². The zero-order valence-corrected chi connectivity index (χ0v) is 11.2. The topological polar surface area (TPSA) is 108 Å². The van der Waals surface area contributed by atoms with Crippen molar-refractivity contribution in [3.05, 3.63) is 10.1 Å². The lowest BCUT2D eigenvalue weighted by Crippen LogP contribution is -2.34. The van der Waals surface area contributed by atoms with Gasteiger partial charge in [0.1, 0.15) is 6.61 Å². The zero-order valence-electron chi connectivity index (χ0n) is 11.2. The zero-order chi connectivity index (χ0) is 14.7. The molecule has 0 aliphatic heterocycles. The van der Waals surface area contributed by atoms with E-state index in [1.54, 1.807) is 0 Å². The maximum absolute atomic E-state index is 11.3. The summed E-state index contributed by atoms with van der Waals surface area (Å²) in [7, 11) is 0. The number of nitrogens with zero attached hydrogens (tertiary/aromatic N) is 1. The molecule has 0 fully saturated rings. The lowest BCUT2D eigenvalue weighted by molar-refractivity contribution is -0.757. The summed E-state index contributed by atoms with van der Waals surface area (Å²) in [6, 6.07) is -0.212. The minimum Gasteiger partial charge on any atom is -0.463 e. The van der Waals surface area contributed by atoms with Gasteiger partial charge in [0, 0.05) is 6.42 Å². The van der Waals surface area contributed by atoms with Crippen LogP contribution in [0.15, 0.2) is 0 Å². The molecule has 0 heterocycles. The first-order valence-electron chi connectivity index (χ1n) is 6.08. The number of esters is 1. The van der Waals surface area contributed by atoms with E-state index in [0.717, 1.165) is 0 Å². The van der Waals surface area contributed by atoms with Crippen LogP contribution in [-0.4, -0.2) is 36.7 Å². The van der Waals surface area contributed by atoms with Crippen molar-refractivity contribution >= 4 is 12.4 Å². The Kier molecular flexibility index (Phi) is 9.11. The summed E-state index contributed by atoms with van der Waals surface area (Å²) in [5, 5.41) is 11.5. The van der Waals surface area contributed by atoms with Crippen LogP contribution < -0.4 is 5.32 Å². The Morgan fingerprint density at radius 1 is 1.47 bits per heavy atom. The third kappa shape index (κ3) is 11.0. The maximum Gasteiger partial charge on any atom is 0.305 e. The van der Waals surface area contributed by atoms with E-state index in [0.29, 0.717) is 18.7 Å². The van der Waals surface area contributed by atoms with Gasteiger partial charge >= 0.3 is 5.97 Å². The number of hydrogen-bond acceptors (Lipinski definition) is 6. The van der Waals surface area contributed by atoms with E-state index in [9.17, 15) is 19.7 Å². The lowest BCUT2D eigenvalue weighted by Gasteiger charge is -2.18. The minimum absolute atomic E-state index is 0.0450. The monoisotopic (exact) mass is 276 g/mol. The largest absolute Gasteiger partial charge is 0.463 e. The fourth-order valence-electron chi connectivity index (χ4n) is 1.47. The van der Waals surface area contributed by atoms with Crippen molar-refractivity contribution in [1.29, 1.82) is 0 Å². The van der Waals surface area contributed by atoms with Crippen molar-refractivity contribution in [2.75, 3.05) is 13.2 Å². The normalized spacial score (nSPS) is 11.7. The first-order chi connectivity index (χ1) is 8.95. The maximum atomic E-state index is 11.3. The van der Waals surface area contributed by atoms with Crippen LogP contribution in [0.4, 0.5) is 0 Å². The molecule has 0 radical (unpaired) electrons. The standard InChI is InChI=1S/C11H20N2O6/c1-9(2)6-10(12-8-14)7-18-11(15)4-3-5-19-13(16)17/h8-10H,3-7H2,1-2H3,(H,12,14). The van der Waals surface area contributed by atoms with Gasteiger partial charge in [-0.05, 0) is 18.8 Å². The van der Waals surface area contributed by atoms with Crippen molar-refractivity contribution in [2.45, 2.75) is 39.2 Å². The van der Waals surface area contributed by atoms with Crippen molar-refractivity contribution < 1.29 is 24.3 Å². The summed E-state index contributed by atoms with van der Waals surface area (Å²) in [6.07, 6.45) is 1.54. The number of amides is 1. The van der Waals surface area contributed by atoms with E-state index in [4.69, 9.17) is 4.74 Å². The second kappa shape index (κ2) is 10.1. The highest BCUT2D eigenvalue weighted by molar-refractivity contribution is 5.69. The molecule has 1 unspecified atom stereocenters. The Morgan fingerprint density at radius 2 is 2.16 bits per heavy atom. The van der Waals surface area contributed by atoms with Crippen LogP contribution in [0.25, 0.3) is 0 Å². The molecule has 0 saturated heterocycles. The molecule has 0 saturated carbocycles. The molecular weight excluding hydrogens is 256 g/mol. The van der Waals surface area contributed by atoms with Gasteiger partial charge in [0.15, 0.2) is 0 Å². The number of carbonyl (C=O) groups excluding carboxylic acids is 2. The predicted molar refractivity (Wildman–Crippen MR) is 65.6 cm³/mol. The number of hydrogen-bond donors (Lipinski definition) is 1. The predicted octanol–water partition coefficient (Wildman–Crippen LogP) is 0.679. The van der Waals surface area contributed by atoms with E-state index in [-0.39, 0.29) is 32.1 Å². The van der Waals surface area contributed by atoms with E-state index in [1.165, 1.54) is 0 Å². The molecule has 0 aliphatic rings. The van der Waals surface area contributed by atoms with Crippen LogP contribution in [-0.2, 0) is 19.2 Å². The molecule has 0 spiro atoms. The Labute approximate surface area is 111 Å². The van der Waals surface area contributed by atoms with Crippen molar-refractivity contribution in [1.82, 2.24) is 5.32 Å². The highest BCUT2D eigenvalue weighted by Gasteiger charge is 2.12. The van der Waals surface area contributed by atoms with Crippen molar-refractivity contribution in [3.63, 3.8) is 0 Å². The molecule has 0 rings (SSSR count). The van der Waals surface area contributed by atoms with Crippen LogP contribution in [0.2, 0.25) is 0 Å². The van der Waals surface area contributed by atoms with Crippen molar-refractivity contribution in [3.8, 4) is 0 Å². The van der Waals surface area contributed by atoms with E-state index >= 15 is 0 Å². The Morgan fingerprint density at radius 3 is 2.68 bits per heavy atom. The molecule has 0 aromatic rings. The second-order valence-electron chi connectivity index (χ2n) is 4.45. The summed E-state index contributed by atoms with van der Waals surface area (Å²) in [5.74, 6) is -0.0990. The first kappa shape index (κ1) is 17.1. The fraction of sp³-hybridized carbons (Fsp3) is 0.818. The molecule has 1 atom stereocenters. The summed E-state index contributed by atoms with van der Waals surface area (Å²) in [5.41, 5.74) is 0. The molecule has 0 aliphatic carbocycles. The average molecular weight is 276 g/mol. The van der Waals surface area contributed by atoms with Gasteiger partial charge in [-0.25, -0.2) is 0 Å². The third-order valence-electron chi connectivity index (χ3n) is 2.23. The van der Waals surface area contributed by atoms with Crippen LogP contribution in [0.1, 0.15) is 33.1 Å². The van der Waals surface area contributed by atoms with Crippen LogP contribution >= 0.6 is 0 Å². The highest BCUT2D eigenvalue weighted by Crippen LogP contribution is 2.05. The summed E-state index contributed by atoms with van der Waals surface area (Å²) >= 11 is 0. The minimum atomic E-state index is -0.905. The Balaban J connectivity index is 3.78. The van der Waals surface area contributed by atoms with Gasteiger partial charge in [0.25, 0.3) is 5.09 Å². The third-order valence-corrected chi connectivity index (χ3v) is 2.23. The highest BCUT2D eigenvalue weighted by atomic mass is 16.9. The molecule has 19 heavy (non-hydrogen) atoms. The van der Waals surface area contributed by atoms with Crippen LogP contribution in [0.5, 0.6) is 0 Å². The van der Waals surface area contributed by atoms with Crippen LogP contribution in [0, 0.1) is 16.0 Å². The molecule has 8 nitrogen and oxygen atoms in total. The lowest BCUT2D eigenvalue weighted by atomic mass is 10.0. The molecule has 1 amide bonds. The van der Waals surface area contributed by atoms with Gasteiger partial charge in [-0.15, -0.1) is 10.1 Å². The smallest absolute Gasteiger partial charge is 0.305 e. The van der Waals surface area contributed by atoms with Gasteiger partial charge in [-0.2, -0.15) is 0 Å². The molecule has 0 aromatic carbocycles. The summed E-state index contributed by atoms with van der Waals surface area (Å²) in [6.45, 7) is 3.96.